The topological polar surface area (TPSA) is 88.5 Å². The fraction of sp³-hybridized carbons (Fsp3) is 0.364. The van der Waals surface area contributed by atoms with E-state index in [1.165, 1.54) is 13.3 Å². The third-order valence-corrected chi connectivity index (χ3v) is 2.85. The van der Waals surface area contributed by atoms with Gasteiger partial charge in [0.15, 0.2) is 0 Å². The molecule has 0 aliphatic rings. The van der Waals surface area contributed by atoms with Crippen molar-refractivity contribution in [3.05, 3.63) is 28.5 Å². The van der Waals surface area contributed by atoms with Gasteiger partial charge < -0.3 is 15.2 Å². The average molecular weight is 317 g/mol. The number of carboxylic acid groups (broad SMARTS) is 1. The Labute approximate surface area is 112 Å². The molecule has 1 aromatic rings. The predicted octanol–water partition coefficient (Wildman–Crippen LogP) is 1.06. The van der Waals surface area contributed by atoms with Gasteiger partial charge in [-0.05, 0) is 28.1 Å². The smallest absolute Gasteiger partial charge is 0.326 e. The number of rotatable bonds is 6. The number of carbonyl (C=O) groups is 2. The summed E-state index contributed by atoms with van der Waals surface area (Å²) in [6, 6.07) is 2.18. The summed E-state index contributed by atoms with van der Waals surface area (Å²) in [6.07, 6.45) is 1.73. The molecular formula is C11H13BrN2O4. The molecule has 1 heterocycles. The summed E-state index contributed by atoms with van der Waals surface area (Å²) in [4.78, 5) is 26.7. The van der Waals surface area contributed by atoms with Gasteiger partial charge in [-0.3, -0.25) is 4.79 Å². The zero-order chi connectivity index (χ0) is 13.5. The van der Waals surface area contributed by atoms with Crippen molar-refractivity contribution >= 4 is 27.8 Å². The van der Waals surface area contributed by atoms with Crippen molar-refractivity contribution in [1.29, 1.82) is 0 Å². The Hall–Kier alpha value is -1.47. The zero-order valence-corrected chi connectivity index (χ0v) is 11.3. The number of nitrogens with zero attached hydrogens (tertiary/aromatic N) is 1. The maximum Gasteiger partial charge on any atom is 0.326 e. The van der Waals surface area contributed by atoms with Gasteiger partial charge in [0.25, 0.3) is 5.91 Å². The van der Waals surface area contributed by atoms with Crippen LogP contribution in [0.2, 0.25) is 0 Å². The molecule has 1 rings (SSSR count). The average Bonchev–Trinajstić information content (AvgIpc) is 2.34. The van der Waals surface area contributed by atoms with Crippen LogP contribution in [0, 0.1) is 0 Å². The molecule has 0 saturated heterocycles. The molecule has 0 bridgehead atoms. The van der Waals surface area contributed by atoms with Crippen LogP contribution in [-0.2, 0) is 9.53 Å². The van der Waals surface area contributed by atoms with Gasteiger partial charge in [0.05, 0.1) is 5.56 Å². The number of aromatic nitrogens is 1. The molecule has 1 unspecified atom stereocenters. The number of carboxylic acids is 1. The summed E-state index contributed by atoms with van der Waals surface area (Å²) < 4.78 is 5.17. The Morgan fingerprint density at radius 3 is 2.89 bits per heavy atom. The van der Waals surface area contributed by atoms with Crippen LogP contribution in [0.4, 0.5) is 0 Å². The fourth-order valence-electron chi connectivity index (χ4n) is 1.28. The Balaban J connectivity index is 2.72. The molecule has 0 fully saturated rings. The third-order valence-electron chi connectivity index (χ3n) is 2.22. The van der Waals surface area contributed by atoms with Crippen LogP contribution in [0.3, 0.4) is 0 Å². The van der Waals surface area contributed by atoms with E-state index in [0.717, 1.165) is 0 Å². The second kappa shape index (κ2) is 7.07. The van der Waals surface area contributed by atoms with Crippen molar-refractivity contribution < 1.29 is 19.4 Å². The molecule has 7 heteroatoms. The number of ether oxygens (including phenoxy) is 1. The van der Waals surface area contributed by atoms with Crippen LogP contribution < -0.4 is 5.32 Å². The van der Waals surface area contributed by atoms with Gasteiger partial charge in [0, 0.05) is 26.3 Å². The van der Waals surface area contributed by atoms with Crippen molar-refractivity contribution in [2.45, 2.75) is 12.5 Å². The highest BCUT2D eigenvalue weighted by Gasteiger charge is 2.21. The van der Waals surface area contributed by atoms with E-state index in [1.807, 2.05) is 0 Å². The quantitative estimate of drug-likeness (QED) is 0.766. The lowest BCUT2D eigenvalue weighted by Gasteiger charge is -2.14. The second-order valence-corrected chi connectivity index (χ2v) is 4.24. The van der Waals surface area contributed by atoms with Crippen LogP contribution in [0.1, 0.15) is 16.8 Å². The molecule has 0 saturated carbocycles. The first-order valence-electron chi connectivity index (χ1n) is 5.19. The Morgan fingerprint density at radius 1 is 1.61 bits per heavy atom. The highest BCUT2D eigenvalue weighted by molar-refractivity contribution is 9.10. The molecule has 0 aliphatic carbocycles. The lowest BCUT2D eigenvalue weighted by Crippen LogP contribution is -2.41. The van der Waals surface area contributed by atoms with Gasteiger partial charge in [-0.25, -0.2) is 9.78 Å². The first-order valence-corrected chi connectivity index (χ1v) is 5.98. The molecule has 0 radical (unpaired) electrons. The van der Waals surface area contributed by atoms with E-state index in [-0.39, 0.29) is 13.0 Å². The van der Waals surface area contributed by atoms with Crippen molar-refractivity contribution in [2.75, 3.05) is 13.7 Å². The monoisotopic (exact) mass is 316 g/mol. The summed E-state index contributed by atoms with van der Waals surface area (Å²) in [7, 11) is 1.47. The van der Waals surface area contributed by atoms with E-state index in [0.29, 0.717) is 10.2 Å². The first-order chi connectivity index (χ1) is 8.56. The standard InChI is InChI=1S/C11H13BrN2O4/c1-18-6-4-8(11(16)17)14-10(15)7-3-2-5-13-9(7)12/h2-3,5,8H,4,6H2,1H3,(H,14,15)(H,16,17). The van der Waals surface area contributed by atoms with Crippen molar-refractivity contribution in [2.24, 2.45) is 0 Å². The number of nitrogens with one attached hydrogen (secondary N) is 1. The van der Waals surface area contributed by atoms with E-state index in [1.54, 1.807) is 12.1 Å². The number of amides is 1. The van der Waals surface area contributed by atoms with Crippen molar-refractivity contribution in [1.82, 2.24) is 10.3 Å². The molecule has 2 N–H and O–H groups in total. The lowest BCUT2D eigenvalue weighted by atomic mass is 10.2. The minimum Gasteiger partial charge on any atom is -0.480 e. The Bertz CT molecular complexity index is 439. The molecule has 0 aliphatic heterocycles. The van der Waals surface area contributed by atoms with Gasteiger partial charge >= 0.3 is 5.97 Å². The maximum atomic E-state index is 11.9. The maximum absolute atomic E-state index is 11.9. The normalized spacial score (nSPS) is 11.9. The van der Waals surface area contributed by atoms with Crippen LogP contribution in [0.5, 0.6) is 0 Å². The zero-order valence-electron chi connectivity index (χ0n) is 9.72. The Morgan fingerprint density at radius 2 is 2.33 bits per heavy atom. The van der Waals surface area contributed by atoms with E-state index >= 15 is 0 Å². The number of halogens is 1. The molecule has 0 aromatic carbocycles. The molecule has 1 amide bonds. The summed E-state index contributed by atoms with van der Waals surface area (Å²) in [5.41, 5.74) is 0.293. The van der Waals surface area contributed by atoms with Crippen LogP contribution >= 0.6 is 15.9 Å². The molecule has 18 heavy (non-hydrogen) atoms. The molecule has 1 atom stereocenters. The highest BCUT2D eigenvalue weighted by atomic mass is 79.9. The number of carbonyl (C=O) groups excluding carboxylic acids is 1. The number of pyridine rings is 1. The highest BCUT2D eigenvalue weighted by Crippen LogP contribution is 2.12. The molecular weight excluding hydrogens is 304 g/mol. The van der Waals surface area contributed by atoms with Crippen molar-refractivity contribution in [3.63, 3.8) is 0 Å². The van der Waals surface area contributed by atoms with Gasteiger partial charge in [0.2, 0.25) is 0 Å². The van der Waals surface area contributed by atoms with Crippen LogP contribution in [0.15, 0.2) is 22.9 Å². The Kier molecular flexibility index (Phi) is 5.73. The van der Waals surface area contributed by atoms with E-state index < -0.39 is 17.9 Å². The number of hydrogen-bond acceptors (Lipinski definition) is 4. The third kappa shape index (κ3) is 4.08. The second-order valence-electron chi connectivity index (χ2n) is 3.49. The van der Waals surface area contributed by atoms with E-state index in [9.17, 15) is 9.59 Å². The number of aliphatic carboxylic acids is 1. The fourth-order valence-corrected chi connectivity index (χ4v) is 1.71. The molecule has 98 valence electrons. The van der Waals surface area contributed by atoms with Gasteiger partial charge in [-0.1, -0.05) is 0 Å². The van der Waals surface area contributed by atoms with E-state index in [2.05, 4.69) is 26.2 Å². The minimum atomic E-state index is -1.10. The molecule has 0 spiro atoms. The largest absolute Gasteiger partial charge is 0.480 e. The van der Waals surface area contributed by atoms with Crippen LogP contribution in [-0.4, -0.2) is 41.7 Å². The predicted molar refractivity (Wildman–Crippen MR) is 67.3 cm³/mol. The van der Waals surface area contributed by atoms with Crippen molar-refractivity contribution in [3.8, 4) is 0 Å². The van der Waals surface area contributed by atoms with Gasteiger partial charge in [-0.2, -0.15) is 0 Å². The summed E-state index contributed by atoms with van der Waals surface area (Å²) in [6.45, 7) is 0.255. The van der Waals surface area contributed by atoms with Gasteiger partial charge in [-0.15, -0.1) is 0 Å². The summed E-state index contributed by atoms with van der Waals surface area (Å²) in [5, 5.41) is 11.4. The summed E-state index contributed by atoms with van der Waals surface area (Å²) in [5.74, 6) is -1.58. The minimum absolute atomic E-state index is 0.204. The van der Waals surface area contributed by atoms with Gasteiger partial charge in [0.1, 0.15) is 10.6 Å². The SMILES string of the molecule is COCCC(NC(=O)c1cccnc1Br)C(=O)O. The number of methoxy groups -OCH3 is 1. The molecule has 1 aromatic heterocycles. The first kappa shape index (κ1) is 14.6. The number of hydrogen-bond donors (Lipinski definition) is 2. The molecule has 6 nitrogen and oxygen atoms in total. The summed E-state index contributed by atoms with van der Waals surface area (Å²) >= 11 is 3.13. The lowest BCUT2D eigenvalue weighted by molar-refractivity contribution is -0.139. The van der Waals surface area contributed by atoms with E-state index in [4.69, 9.17) is 9.84 Å². The van der Waals surface area contributed by atoms with Crippen LogP contribution in [0.25, 0.3) is 0 Å².